The van der Waals surface area contributed by atoms with E-state index in [0.29, 0.717) is 30.5 Å². The standard InChI is InChI=1S/C35H41N7O3Si/c1-23-13-14-29(44-4)27(19-23)28-20-40(22-45-17-18-46(5,6)7)34-30(28)32(36-21-37-34)38-25(3)33-39-41-16-15-24(2)31(41)35(43)42(33)26-11-9-8-10-12-26/h8-16,19-21,25H,17-18,22H2,1-7H3,(H,36,37,38)/t25-/m0/s1. The zero-order chi connectivity index (χ0) is 32.6. The van der Waals surface area contributed by atoms with Crippen LogP contribution in [0.25, 0.3) is 33.4 Å². The molecular formula is C35H41N7O3Si. The minimum atomic E-state index is -1.24. The first-order chi connectivity index (χ1) is 22.1. The van der Waals surface area contributed by atoms with Gasteiger partial charge >= 0.3 is 0 Å². The number of nitrogens with one attached hydrogen (secondary N) is 1. The molecule has 0 radical (unpaired) electrons. The lowest BCUT2D eigenvalue weighted by molar-refractivity contribution is 0.0899. The maximum absolute atomic E-state index is 14.0. The highest BCUT2D eigenvalue weighted by Gasteiger charge is 2.24. The number of para-hydroxylation sites is 1. The molecule has 10 nitrogen and oxygen atoms in total. The average molecular weight is 636 g/mol. The molecule has 0 amide bonds. The third-order valence-corrected chi connectivity index (χ3v) is 9.90. The van der Waals surface area contributed by atoms with Crippen molar-refractivity contribution in [3.05, 3.63) is 101 Å². The van der Waals surface area contributed by atoms with Gasteiger partial charge < -0.3 is 19.4 Å². The number of hydrogen-bond acceptors (Lipinski definition) is 7. The second-order valence-electron chi connectivity index (χ2n) is 13.0. The van der Waals surface area contributed by atoms with Crippen LogP contribution in [0.4, 0.5) is 5.82 Å². The number of rotatable bonds is 11. The molecule has 0 saturated carbocycles. The summed E-state index contributed by atoms with van der Waals surface area (Å²) >= 11 is 0. The van der Waals surface area contributed by atoms with Gasteiger partial charge in [0.15, 0.2) is 5.82 Å². The molecule has 1 atom stereocenters. The summed E-state index contributed by atoms with van der Waals surface area (Å²) in [5, 5.41) is 9.36. The molecule has 0 fully saturated rings. The fourth-order valence-corrected chi connectivity index (χ4v) is 6.47. The summed E-state index contributed by atoms with van der Waals surface area (Å²) in [5.74, 6) is 1.92. The van der Waals surface area contributed by atoms with Gasteiger partial charge in [0.1, 0.15) is 35.8 Å². The minimum Gasteiger partial charge on any atom is -0.496 e. The second-order valence-corrected chi connectivity index (χ2v) is 18.6. The molecule has 4 aromatic heterocycles. The molecule has 1 N–H and O–H groups in total. The third kappa shape index (κ3) is 6.07. The molecule has 0 bridgehead atoms. The molecule has 0 unspecified atom stereocenters. The highest BCUT2D eigenvalue weighted by Crippen LogP contribution is 2.40. The number of aryl methyl sites for hydroxylation is 2. The lowest BCUT2D eigenvalue weighted by atomic mass is 10.0. The third-order valence-electron chi connectivity index (χ3n) is 8.19. The van der Waals surface area contributed by atoms with Crippen LogP contribution in [0.1, 0.15) is 29.9 Å². The molecule has 0 aliphatic carbocycles. The minimum absolute atomic E-state index is 0.132. The first-order valence-electron chi connectivity index (χ1n) is 15.5. The molecule has 0 aliphatic heterocycles. The van der Waals surface area contributed by atoms with Crippen LogP contribution in [0, 0.1) is 13.8 Å². The van der Waals surface area contributed by atoms with Crippen LogP contribution in [0.2, 0.25) is 25.7 Å². The highest BCUT2D eigenvalue weighted by molar-refractivity contribution is 6.76. The average Bonchev–Trinajstić information content (AvgIpc) is 3.60. The monoisotopic (exact) mass is 635 g/mol. The van der Waals surface area contributed by atoms with Gasteiger partial charge in [0, 0.05) is 38.2 Å². The van der Waals surface area contributed by atoms with Crippen molar-refractivity contribution in [3.8, 4) is 22.6 Å². The van der Waals surface area contributed by atoms with E-state index in [1.807, 2.05) is 73.1 Å². The van der Waals surface area contributed by atoms with Gasteiger partial charge in [-0.1, -0.05) is 49.5 Å². The molecule has 0 aliphatic rings. The molecule has 2 aromatic carbocycles. The number of ether oxygens (including phenoxy) is 2. The summed E-state index contributed by atoms with van der Waals surface area (Å²) in [6.45, 7) is 14.1. The van der Waals surface area contributed by atoms with Crippen LogP contribution in [-0.4, -0.2) is 50.5 Å². The van der Waals surface area contributed by atoms with Crippen LogP contribution in [-0.2, 0) is 11.5 Å². The number of hydrogen-bond donors (Lipinski definition) is 1. The lowest BCUT2D eigenvalue weighted by Gasteiger charge is -2.20. The Morgan fingerprint density at radius 3 is 2.52 bits per heavy atom. The highest BCUT2D eigenvalue weighted by atomic mass is 28.3. The van der Waals surface area contributed by atoms with Crippen LogP contribution < -0.4 is 15.6 Å². The summed E-state index contributed by atoms with van der Waals surface area (Å²) in [6, 6.07) is 18.3. The van der Waals surface area contributed by atoms with E-state index in [2.05, 4.69) is 44.1 Å². The molecule has 6 aromatic rings. The normalized spacial score (nSPS) is 12.6. The fraction of sp³-hybridized carbons (Fsp3) is 0.314. The Morgan fingerprint density at radius 1 is 1.00 bits per heavy atom. The summed E-state index contributed by atoms with van der Waals surface area (Å²) in [5.41, 5.74) is 5.72. The van der Waals surface area contributed by atoms with Gasteiger partial charge in [0.25, 0.3) is 5.56 Å². The molecule has 46 heavy (non-hydrogen) atoms. The quantitative estimate of drug-likeness (QED) is 0.121. The first-order valence-corrected chi connectivity index (χ1v) is 19.3. The zero-order valence-corrected chi connectivity index (χ0v) is 28.5. The Labute approximate surface area is 269 Å². The summed E-state index contributed by atoms with van der Waals surface area (Å²) in [4.78, 5) is 23.4. The van der Waals surface area contributed by atoms with E-state index < -0.39 is 14.1 Å². The van der Waals surface area contributed by atoms with E-state index in [9.17, 15) is 4.79 Å². The smallest absolute Gasteiger partial charge is 0.282 e. The largest absolute Gasteiger partial charge is 0.496 e. The molecule has 238 valence electrons. The van der Waals surface area contributed by atoms with Gasteiger partial charge in [0.2, 0.25) is 0 Å². The Kier molecular flexibility index (Phi) is 8.54. The van der Waals surface area contributed by atoms with E-state index in [0.717, 1.165) is 50.8 Å². The molecule has 0 saturated heterocycles. The fourth-order valence-electron chi connectivity index (χ4n) is 5.72. The van der Waals surface area contributed by atoms with Crippen molar-refractivity contribution in [2.45, 2.75) is 59.2 Å². The Morgan fingerprint density at radius 2 is 1.78 bits per heavy atom. The van der Waals surface area contributed by atoms with Crippen molar-refractivity contribution < 1.29 is 9.47 Å². The van der Waals surface area contributed by atoms with Crippen molar-refractivity contribution in [1.82, 2.24) is 28.7 Å². The first kappa shape index (κ1) is 31.2. The number of nitrogens with zero attached hydrogens (tertiary/aromatic N) is 6. The van der Waals surface area contributed by atoms with Crippen molar-refractivity contribution in [2.24, 2.45) is 0 Å². The predicted octanol–water partition coefficient (Wildman–Crippen LogP) is 7.01. The van der Waals surface area contributed by atoms with E-state index in [1.165, 1.54) is 0 Å². The Bertz CT molecular complexity index is 2080. The van der Waals surface area contributed by atoms with E-state index in [4.69, 9.17) is 24.5 Å². The van der Waals surface area contributed by atoms with E-state index >= 15 is 0 Å². The maximum Gasteiger partial charge on any atom is 0.282 e. The Hall–Kier alpha value is -4.74. The van der Waals surface area contributed by atoms with Crippen molar-refractivity contribution in [3.63, 3.8) is 0 Å². The maximum atomic E-state index is 14.0. The van der Waals surface area contributed by atoms with E-state index in [-0.39, 0.29) is 5.56 Å². The van der Waals surface area contributed by atoms with Crippen molar-refractivity contribution in [2.75, 3.05) is 19.0 Å². The van der Waals surface area contributed by atoms with Gasteiger partial charge in [-0.2, -0.15) is 5.10 Å². The van der Waals surface area contributed by atoms with Gasteiger partial charge in [-0.3, -0.25) is 9.36 Å². The summed E-state index contributed by atoms with van der Waals surface area (Å²) < 4.78 is 17.4. The van der Waals surface area contributed by atoms with Gasteiger partial charge in [-0.15, -0.1) is 0 Å². The van der Waals surface area contributed by atoms with Crippen molar-refractivity contribution >= 4 is 30.4 Å². The zero-order valence-electron chi connectivity index (χ0n) is 27.5. The number of fused-ring (bicyclic) bond motifs is 2. The number of methoxy groups -OCH3 is 1. The summed E-state index contributed by atoms with van der Waals surface area (Å²) in [7, 11) is 0.436. The molecule has 4 heterocycles. The Balaban J connectivity index is 1.48. The van der Waals surface area contributed by atoms with Gasteiger partial charge in [0.05, 0.1) is 24.2 Å². The predicted molar refractivity (Wildman–Crippen MR) is 186 cm³/mol. The van der Waals surface area contributed by atoms with Gasteiger partial charge in [-0.05, 0) is 62.7 Å². The van der Waals surface area contributed by atoms with Crippen LogP contribution in [0.5, 0.6) is 5.75 Å². The number of benzene rings is 2. The van der Waals surface area contributed by atoms with Crippen LogP contribution >= 0.6 is 0 Å². The lowest BCUT2D eigenvalue weighted by Crippen LogP contribution is -2.29. The molecule has 11 heteroatoms. The SMILES string of the molecule is COc1ccc(C)cc1-c1cn(COCC[Si](C)(C)C)c2ncnc(N[C@@H](C)c3nn4ccc(C)c4c(=O)n3-c3ccccc3)c12. The van der Waals surface area contributed by atoms with E-state index in [1.54, 1.807) is 22.5 Å². The number of aromatic nitrogens is 6. The van der Waals surface area contributed by atoms with Gasteiger partial charge in [-0.25, -0.2) is 14.5 Å². The molecular weight excluding hydrogens is 595 g/mol. The van der Waals surface area contributed by atoms with Crippen LogP contribution in [0.15, 0.2) is 78.1 Å². The second kappa shape index (κ2) is 12.6. The summed E-state index contributed by atoms with van der Waals surface area (Å²) in [6.07, 6.45) is 5.45. The topological polar surface area (TPSA) is 100 Å². The number of anilines is 1. The van der Waals surface area contributed by atoms with Crippen LogP contribution in [0.3, 0.4) is 0 Å². The van der Waals surface area contributed by atoms with Crippen molar-refractivity contribution in [1.29, 1.82) is 0 Å². The molecule has 6 rings (SSSR count). The molecule has 0 spiro atoms.